The second-order valence-corrected chi connectivity index (χ2v) is 8.90. The van der Waals surface area contributed by atoms with Gasteiger partial charge in [0.2, 0.25) is 0 Å². The number of benzene rings is 1. The first-order valence-corrected chi connectivity index (χ1v) is 9.54. The SMILES string of the molecule is COC(=O)C1CCc2cc(NC(=O)OC(C)(C)C)ccc2N1C(=O)OC(C)(C)C. The summed E-state index contributed by atoms with van der Waals surface area (Å²) in [6.45, 7) is 10.6. The zero-order valence-electron chi connectivity index (χ0n) is 18.1. The summed E-state index contributed by atoms with van der Waals surface area (Å²) in [4.78, 5) is 38.4. The van der Waals surface area contributed by atoms with E-state index in [9.17, 15) is 14.4 Å². The molecular weight excluding hydrogens is 376 g/mol. The van der Waals surface area contributed by atoms with Gasteiger partial charge in [-0.2, -0.15) is 0 Å². The van der Waals surface area contributed by atoms with Gasteiger partial charge in [-0.3, -0.25) is 10.2 Å². The average Bonchev–Trinajstić information content (AvgIpc) is 2.56. The molecule has 0 saturated carbocycles. The van der Waals surface area contributed by atoms with Crippen molar-refractivity contribution < 1.29 is 28.6 Å². The molecule has 1 atom stereocenters. The summed E-state index contributed by atoms with van der Waals surface area (Å²) in [6.07, 6.45) is -0.265. The van der Waals surface area contributed by atoms with Crippen LogP contribution in [0.2, 0.25) is 0 Å². The monoisotopic (exact) mass is 406 g/mol. The van der Waals surface area contributed by atoms with Crippen LogP contribution in [-0.2, 0) is 25.4 Å². The summed E-state index contributed by atoms with van der Waals surface area (Å²) in [5.74, 6) is -0.502. The number of fused-ring (bicyclic) bond motifs is 1. The second kappa shape index (κ2) is 8.31. The van der Waals surface area contributed by atoms with Crippen LogP contribution < -0.4 is 10.2 Å². The fourth-order valence-electron chi connectivity index (χ4n) is 3.01. The number of nitrogens with one attached hydrogen (secondary N) is 1. The summed E-state index contributed by atoms with van der Waals surface area (Å²) < 4.78 is 15.6. The lowest BCUT2D eigenvalue weighted by Crippen LogP contribution is -2.50. The first-order chi connectivity index (χ1) is 13.3. The Labute approximate surface area is 171 Å². The molecule has 2 rings (SSSR count). The lowest BCUT2D eigenvalue weighted by Gasteiger charge is -2.36. The van der Waals surface area contributed by atoms with Crippen molar-refractivity contribution in [2.45, 2.75) is 71.6 Å². The molecule has 1 N–H and O–H groups in total. The molecule has 0 spiro atoms. The molecule has 0 aromatic heterocycles. The Morgan fingerprint density at radius 1 is 1.03 bits per heavy atom. The largest absolute Gasteiger partial charge is 0.467 e. The zero-order chi connectivity index (χ0) is 22.0. The highest BCUT2D eigenvalue weighted by Crippen LogP contribution is 2.34. The van der Waals surface area contributed by atoms with Crippen molar-refractivity contribution in [2.75, 3.05) is 17.3 Å². The van der Waals surface area contributed by atoms with Crippen LogP contribution in [0.25, 0.3) is 0 Å². The second-order valence-electron chi connectivity index (χ2n) is 8.90. The van der Waals surface area contributed by atoms with E-state index in [1.807, 2.05) is 0 Å². The van der Waals surface area contributed by atoms with E-state index in [1.54, 1.807) is 59.7 Å². The molecule has 8 nitrogen and oxygen atoms in total. The molecule has 0 fully saturated rings. The van der Waals surface area contributed by atoms with Gasteiger partial charge in [-0.15, -0.1) is 0 Å². The minimum Gasteiger partial charge on any atom is -0.467 e. The van der Waals surface area contributed by atoms with Gasteiger partial charge < -0.3 is 14.2 Å². The Balaban J connectivity index is 2.32. The maximum atomic E-state index is 12.8. The molecule has 1 heterocycles. The number of carbonyl (C=O) groups excluding carboxylic acids is 3. The average molecular weight is 406 g/mol. The molecule has 0 saturated heterocycles. The number of anilines is 2. The van der Waals surface area contributed by atoms with E-state index in [1.165, 1.54) is 12.0 Å². The van der Waals surface area contributed by atoms with Crippen LogP contribution in [0.1, 0.15) is 53.5 Å². The molecule has 0 bridgehead atoms. The van der Waals surface area contributed by atoms with Crippen molar-refractivity contribution in [3.05, 3.63) is 23.8 Å². The number of esters is 1. The highest BCUT2D eigenvalue weighted by atomic mass is 16.6. The van der Waals surface area contributed by atoms with Crippen LogP contribution in [0.3, 0.4) is 0 Å². The fraction of sp³-hybridized carbons (Fsp3) is 0.571. The molecule has 2 amide bonds. The number of aryl methyl sites for hydroxylation is 1. The Hall–Kier alpha value is -2.77. The third kappa shape index (κ3) is 6.10. The van der Waals surface area contributed by atoms with E-state index < -0.39 is 35.4 Å². The van der Waals surface area contributed by atoms with E-state index in [2.05, 4.69) is 5.32 Å². The Morgan fingerprint density at radius 2 is 1.66 bits per heavy atom. The summed E-state index contributed by atoms with van der Waals surface area (Å²) in [5, 5.41) is 2.69. The van der Waals surface area contributed by atoms with Gasteiger partial charge in [0.25, 0.3) is 0 Å². The summed E-state index contributed by atoms with van der Waals surface area (Å²) in [6, 6.07) is 4.33. The van der Waals surface area contributed by atoms with Gasteiger partial charge in [0.05, 0.1) is 12.8 Å². The van der Waals surface area contributed by atoms with Crippen LogP contribution in [0.15, 0.2) is 18.2 Å². The van der Waals surface area contributed by atoms with Crippen LogP contribution in [-0.4, -0.2) is 42.5 Å². The maximum absolute atomic E-state index is 12.8. The predicted octanol–water partition coefficient (Wildman–Crippen LogP) is 4.26. The van der Waals surface area contributed by atoms with Crippen molar-refractivity contribution in [2.24, 2.45) is 0 Å². The van der Waals surface area contributed by atoms with Crippen LogP contribution >= 0.6 is 0 Å². The molecule has 160 valence electrons. The summed E-state index contributed by atoms with van der Waals surface area (Å²) in [7, 11) is 1.29. The van der Waals surface area contributed by atoms with Gasteiger partial charge in [-0.05, 0) is 78.1 Å². The van der Waals surface area contributed by atoms with Gasteiger partial charge in [0.1, 0.15) is 17.2 Å². The minimum absolute atomic E-state index is 0.384. The number of methoxy groups -OCH3 is 1. The number of hydrogen-bond acceptors (Lipinski definition) is 6. The van der Waals surface area contributed by atoms with E-state index in [0.29, 0.717) is 24.2 Å². The molecule has 1 unspecified atom stereocenters. The van der Waals surface area contributed by atoms with Crippen molar-refractivity contribution in [3.8, 4) is 0 Å². The van der Waals surface area contributed by atoms with Crippen molar-refractivity contribution in [1.82, 2.24) is 0 Å². The molecule has 1 aliphatic rings. The van der Waals surface area contributed by atoms with E-state index in [0.717, 1.165) is 5.56 Å². The van der Waals surface area contributed by atoms with Gasteiger partial charge in [0.15, 0.2) is 0 Å². The normalized spacial score (nSPS) is 16.5. The number of ether oxygens (including phenoxy) is 3. The molecule has 1 aliphatic heterocycles. The maximum Gasteiger partial charge on any atom is 0.415 e. The smallest absolute Gasteiger partial charge is 0.415 e. The van der Waals surface area contributed by atoms with E-state index >= 15 is 0 Å². The molecule has 8 heteroatoms. The molecule has 1 aromatic carbocycles. The topological polar surface area (TPSA) is 94.2 Å². The van der Waals surface area contributed by atoms with Gasteiger partial charge in [-0.1, -0.05) is 0 Å². The number of rotatable bonds is 2. The van der Waals surface area contributed by atoms with Crippen molar-refractivity contribution in [1.29, 1.82) is 0 Å². The molecule has 0 aliphatic carbocycles. The van der Waals surface area contributed by atoms with Crippen molar-refractivity contribution >= 4 is 29.5 Å². The number of amides is 2. The standard InChI is InChI=1S/C21H30N2O6/c1-20(2,3)28-18(25)22-14-9-11-15-13(12-14)8-10-16(17(24)27-7)23(15)19(26)29-21(4,5)6/h9,11-12,16H,8,10H2,1-7H3,(H,22,25). The highest BCUT2D eigenvalue weighted by Gasteiger charge is 2.38. The van der Waals surface area contributed by atoms with Gasteiger partial charge >= 0.3 is 18.2 Å². The zero-order valence-corrected chi connectivity index (χ0v) is 18.1. The summed E-state index contributed by atoms with van der Waals surface area (Å²) >= 11 is 0. The molecule has 29 heavy (non-hydrogen) atoms. The van der Waals surface area contributed by atoms with Gasteiger partial charge in [-0.25, -0.2) is 14.4 Å². The minimum atomic E-state index is -0.771. The third-order valence-corrected chi connectivity index (χ3v) is 4.05. The predicted molar refractivity (Wildman–Crippen MR) is 109 cm³/mol. The number of carbonyl (C=O) groups is 3. The Bertz CT molecular complexity index is 791. The molecule has 1 aromatic rings. The van der Waals surface area contributed by atoms with E-state index in [4.69, 9.17) is 14.2 Å². The Morgan fingerprint density at radius 3 is 2.21 bits per heavy atom. The van der Waals surface area contributed by atoms with Crippen LogP contribution in [0, 0.1) is 0 Å². The highest BCUT2D eigenvalue weighted by molar-refractivity contribution is 5.98. The van der Waals surface area contributed by atoms with Crippen LogP contribution in [0.5, 0.6) is 0 Å². The molecule has 0 radical (unpaired) electrons. The van der Waals surface area contributed by atoms with Crippen LogP contribution in [0.4, 0.5) is 21.0 Å². The third-order valence-electron chi connectivity index (χ3n) is 4.05. The van der Waals surface area contributed by atoms with Crippen molar-refractivity contribution in [3.63, 3.8) is 0 Å². The fourth-order valence-corrected chi connectivity index (χ4v) is 3.01. The Kier molecular flexibility index (Phi) is 6.45. The first kappa shape index (κ1) is 22.5. The lowest BCUT2D eigenvalue weighted by molar-refractivity contribution is -0.142. The quantitative estimate of drug-likeness (QED) is 0.582. The van der Waals surface area contributed by atoms with Gasteiger partial charge in [0, 0.05) is 5.69 Å². The first-order valence-electron chi connectivity index (χ1n) is 9.54. The number of hydrogen-bond donors (Lipinski definition) is 1. The molecular formula is C21H30N2O6. The summed E-state index contributed by atoms with van der Waals surface area (Å²) in [5.41, 5.74) is 0.575. The lowest BCUT2D eigenvalue weighted by atomic mass is 9.95. The number of nitrogens with zero attached hydrogens (tertiary/aromatic N) is 1. The van der Waals surface area contributed by atoms with E-state index in [-0.39, 0.29) is 0 Å².